The van der Waals surface area contributed by atoms with Crippen molar-refractivity contribution in [2.75, 3.05) is 0 Å². The Bertz CT molecular complexity index is 2450. The van der Waals surface area contributed by atoms with Crippen molar-refractivity contribution in [3.05, 3.63) is 204 Å². The fourth-order valence-electron chi connectivity index (χ4n) is 8.03. The van der Waals surface area contributed by atoms with Crippen molar-refractivity contribution in [3.63, 3.8) is 0 Å². The Kier molecular flexibility index (Phi) is 6.40. The van der Waals surface area contributed by atoms with E-state index in [4.69, 9.17) is 14.7 Å². The summed E-state index contributed by atoms with van der Waals surface area (Å²) in [6.07, 6.45) is 0. The SMILES string of the molecule is c1ccc(-c2cc(-c3ccc(-c4cccc5c4-c4ccccc4C54c5ccccc5Oc5ccccc54)cc3)nc(-c3ccccc3)n2)cc1. The van der Waals surface area contributed by atoms with Crippen LogP contribution in [0.2, 0.25) is 0 Å². The quantitative estimate of drug-likeness (QED) is 0.192. The maximum atomic E-state index is 6.53. The van der Waals surface area contributed by atoms with Gasteiger partial charge in [0.05, 0.1) is 16.8 Å². The van der Waals surface area contributed by atoms with Gasteiger partial charge in [0.1, 0.15) is 11.5 Å². The molecule has 10 rings (SSSR count). The average Bonchev–Trinajstić information content (AvgIpc) is 3.49. The minimum atomic E-state index is -0.490. The van der Waals surface area contributed by atoms with E-state index in [0.29, 0.717) is 5.82 Å². The number of hydrogen-bond acceptors (Lipinski definition) is 3. The van der Waals surface area contributed by atoms with Gasteiger partial charge in [-0.25, -0.2) is 9.97 Å². The van der Waals surface area contributed by atoms with Crippen LogP contribution >= 0.6 is 0 Å². The first-order chi connectivity index (χ1) is 24.8. The van der Waals surface area contributed by atoms with Gasteiger partial charge in [-0.05, 0) is 51.6 Å². The van der Waals surface area contributed by atoms with Gasteiger partial charge in [-0.1, -0.05) is 164 Å². The number of nitrogens with zero attached hydrogens (tertiary/aromatic N) is 2. The number of hydrogen-bond donors (Lipinski definition) is 0. The molecule has 0 atom stereocenters. The molecular weight excluding hydrogens is 609 g/mol. The topological polar surface area (TPSA) is 35.0 Å². The average molecular weight is 639 g/mol. The molecule has 234 valence electrons. The van der Waals surface area contributed by atoms with Gasteiger partial charge in [0.15, 0.2) is 5.82 Å². The first-order valence-electron chi connectivity index (χ1n) is 17.0. The Morgan fingerprint density at radius 1 is 0.360 bits per heavy atom. The second kappa shape index (κ2) is 11.3. The van der Waals surface area contributed by atoms with Crippen LogP contribution in [0.5, 0.6) is 11.5 Å². The Morgan fingerprint density at radius 2 is 0.840 bits per heavy atom. The highest BCUT2D eigenvalue weighted by Crippen LogP contribution is 2.63. The van der Waals surface area contributed by atoms with Crippen LogP contribution in [0.3, 0.4) is 0 Å². The molecule has 8 aromatic rings. The van der Waals surface area contributed by atoms with Crippen molar-refractivity contribution in [2.24, 2.45) is 0 Å². The summed E-state index contributed by atoms with van der Waals surface area (Å²) < 4.78 is 6.53. The lowest BCUT2D eigenvalue weighted by Crippen LogP contribution is -2.32. The molecule has 7 aromatic carbocycles. The highest BCUT2D eigenvalue weighted by atomic mass is 16.5. The lowest BCUT2D eigenvalue weighted by atomic mass is 9.66. The Balaban J connectivity index is 1.14. The third-order valence-corrected chi connectivity index (χ3v) is 10.2. The van der Waals surface area contributed by atoms with Crippen LogP contribution in [0.15, 0.2) is 182 Å². The van der Waals surface area contributed by atoms with Gasteiger partial charge in [-0.15, -0.1) is 0 Å². The summed E-state index contributed by atoms with van der Waals surface area (Å²) in [6, 6.07) is 64.1. The van der Waals surface area contributed by atoms with E-state index in [2.05, 4.69) is 146 Å². The number of benzene rings is 7. The van der Waals surface area contributed by atoms with Crippen LogP contribution < -0.4 is 4.74 Å². The molecule has 0 N–H and O–H groups in total. The van der Waals surface area contributed by atoms with E-state index in [1.165, 1.54) is 38.9 Å². The molecule has 0 fully saturated rings. The standard InChI is InChI=1S/C47H30N2O/c1-3-14-32(15-4-1)41-30-42(49-46(48-41)34-16-5-2-6-17-34)33-28-26-31(27-29-33)35-19-13-23-40-45(35)36-18-7-8-20-37(36)47(40)38-21-9-11-24-43(38)50-44-25-12-10-22-39(44)47/h1-30H. The van der Waals surface area contributed by atoms with Crippen LogP contribution in [-0.4, -0.2) is 9.97 Å². The van der Waals surface area contributed by atoms with E-state index in [1.54, 1.807) is 0 Å². The van der Waals surface area contributed by atoms with E-state index in [1.807, 2.05) is 36.4 Å². The predicted molar refractivity (Wildman–Crippen MR) is 201 cm³/mol. The van der Waals surface area contributed by atoms with Crippen molar-refractivity contribution in [2.45, 2.75) is 5.41 Å². The molecule has 1 aliphatic carbocycles. The maximum Gasteiger partial charge on any atom is 0.160 e. The second-order valence-corrected chi connectivity index (χ2v) is 12.9. The minimum Gasteiger partial charge on any atom is -0.457 e. The number of aromatic nitrogens is 2. The largest absolute Gasteiger partial charge is 0.457 e. The van der Waals surface area contributed by atoms with Crippen molar-refractivity contribution in [1.82, 2.24) is 9.97 Å². The number of para-hydroxylation sites is 2. The smallest absolute Gasteiger partial charge is 0.160 e. The van der Waals surface area contributed by atoms with Gasteiger partial charge >= 0.3 is 0 Å². The van der Waals surface area contributed by atoms with Crippen LogP contribution in [0.4, 0.5) is 0 Å². The van der Waals surface area contributed by atoms with E-state index in [9.17, 15) is 0 Å². The number of rotatable bonds is 4. The summed E-state index contributed by atoms with van der Waals surface area (Å²) >= 11 is 0. The highest BCUT2D eigenvalue weighted by molar-refractivity contribution is 5.96. The Morgan fingerprint density at radius 3 is 1.50 bits per heavy atom. The monoisotopic (exact) mass is 638 g/mol. The maximum absolute atomic E-state index is 6.53. The predicted octanol–water partition coefficient (Wildman–Crippen LogP) is 11.6. The molecule has 0 saturated carbocycles. The normalized spacial score (nSPS) is 13.1. The molecule has 3 heteroatoms. The van der Waals surface area contributed by atoms with Gasteiger partial charge in [0, 0.05) is 27.8 Å². The molecule has 50 heavy (non-hydrogen) atoms. The number of ether oxygens (including phenoxy) is 1. The van der Waals surface area contributed by atoms with Crippen molar-refractivity contribution in [1.29, 1.82) is 0 Å². The van der Waals surface area contributed by atoms with E-state index in [0.717, 1.165) is 45.1 Å². The molecule has 0 radical (unpaired) electrons. The van der Waals surface area contributed by atoms with Gasteiger partial charge in [0.2, 0.25) is 0 Å². The summed E-state index contributed by atoms with van der Waals surface area (Å²) in [5.74, 6) is 2.52. The third kappa shape index (κ3) is 4.23. The summed E-state index contributed by atoms with van der Waals surface area (Å²) in [5, 5.41) is 0. The minimum absolute atomic E-state index is 0.490. The molecule has 1 spiro atoms. The van der Waals surface area contributed by atoms with E-state index >= 15 is 0 Å². The summed E-state index contributed by atoms with van der Waals surface area (Å²) in [4.78, 5) is 10.0. The van der Waals surface area contributed by atoms with Crippen LogP contribution in [0, 0.1) is 0 Å². The molecule has 0 amide bonds. The molecule has 1 aromatic heterocycles. The van der Waals surface area contributed by atoms with Crippen molar-refractivity contribution < 1.29 is 4.74 Å². The van der Waals surface area contributed by atoms with Crippen LogP contribution in [-0.2, 0) is 5.41 Å². The third-order valence-electron chi connectivity index (χ3n) is 10.2. The fourth-order valence-corrected chi connectivity index (χ4v) is 8.03. The van der Waals surface area contributed by atoms with Crippen LogP contribution in [0.1, 0.15) is 22.3 Å². The summed E-state index contributed by atoms with van der Waals surface area (Å²) in [5.41, 5.74) is 14.2. The Hall–Kier alpha value is -6.58. The van der Waals surface area contributed by atoms with Crippen LogP contribution in [0.25, 0.3) is 56.2 Å². The molecular formula is C47H30N2O. The second-order valence-electron chi connectivity index (χ2n) is 12.9. The summed E-state index contributed by atoms with van der Waals surface area (Å²) in [6.45, 7) is 0. The molecule has 2 heterocycles. The van der Waals surface area contributed by atoms with E-state index in [-0.39, 0.29) is 0 Å². The van der Waals surface area contributed by atoms with E-state index < -0.39 is 5.41 Å². The first kappa shape index (κ1) is 28.4. The zero-order chi connectivity index (χ0) is 33.1. The molecule has 0 unspecified atom stereocenters. The summed E-state index contributed by atoms with van der Waals surface area (Å²) in [7, 11) is 0. The molecule has 3 nitrogen and oxygen atoms in total. The molecule has 1 aliphatic heterocycles. The number of fused-ring (bicyclic) bond motifs is 9. The molecule has 0 saturated heterocycles. The lowest BCUT2D eigenvalue weighted by Gasteiger charge is -2.39. The van der Waals surface area contributed by atoms with Gasteiger partial charge in [-0.3, -0.25) is 0 Å². The van der Waals surface area contributed by atoms with Gasteiger partial charge < -0.3 is 4.74 Å². The lowest BCUT2D eigenvalue weighted by molar-refractivity contribution is 0.436. The zero-order valence-corrected chi connectivity index (χ0v) is 27.1. The first-order valence-corrected chi connectivity index (χ1v) is 17.0. The molecule has 2 aliphatic rings. The highest BCUT2D eigenvalue weighted by Gasteiger charge is 2.51. The van der Waals surface area contributed by atoms with Gasteiger partial charge in [0.25, 0.3) is 0 Å². The Labute approximate surface area is 291 Å². The van der Waals surface area contributed by atoms with Crippen molar-refractivity contribution in [3.8, 4) is 67.7 Å². The van der Waals surface area contributed by atoms with Crippen molar-refractivity contribution >= 4 is 0 Å². The zero-order valence-electron chi connectivity index (χ0n) is 27.1. The molecule has 0 bridgehead atoms. The fraction of sp³-hybridized carbons (Fsp3) is 0.0213. The van der Waals surface area contributed by atoms with Gasteiger partial charge in [-0.2, -0.15) is 0 Å².